The van der Waals surface area contributed by atoms with Gasteiger partial charge in [-0.25, -0.2) is 13.2 Å². The molecular formula is C12H11ClF3N3. The Bertz CT molecular complexity index is 625. The van der Waals surface area contributed by atoms with Crippen LogP contribution < -0.4 is 5.32 Å². The van der Waals surface area contributed by atoms with Crippen LogP contribution in [0.1, 0.15) is 11.3 Å². The molecule has 0 fully saturated rings. The normalized spacial score (nSPS) is 10.8. The molecule has 1 aromatic heterocycles. The Kier molecular flexibility index (Phi) is 3.71. The van der Waals surface area contributed by atoms with E-state index in [0.29, 0.717) is 22.5 Å². The van der Waals surface area contributed by atoms with Gasteiger partial charge in [0.05, 0.1) is 11.4 Å². The lowest BCUT2D eigenvalue weighted by molar-refractivity contribution is 0.497. The van der Waals surface area contributed by atoms with E-state index in [9.17, 15) is 13.2 Å². The summed E-state index contributed by atoms with van der Waals surface area (Å²) in [5.74, 6) is -3.22. The van der Waals surface area contributed by atoms with E-state index in [2.05, 4.69) is 10.4 Å². The van der Waals surface area contributed by atoms with Crippen LogP contribution in [0.25, 0.3) is 0 Å². The highest BCUT2D eigenvalue weighted by atomic mass is 35.5. The zero-order valence-corrected chi connectivity index (χ0v) is 11.0. The molecule has 7 heteroatoms. The van der Waals surface area contributed by atoms with Crippen LogP contribution in [0.3, 0.4) is 0 Å². The van der Waals surface area contributed by atoms with Crippen molar-refractivity contribution in [2.75, 3.05) is 5.32 Å². The number of benzene rings is 1. The second-order valence-electron chi connectivity index (χ2n) is 4.08. The number of anilines is 1. The molecule has 1 heterocycles. The van der Waals surface area contributed by atoms with Crippen molar-refractivity contribution in [3.8, 4) is 0 Å². The summed E-state index contributed by atoms with van der Waals surface area (Å²) in [6, 6.07) is 1.38. The third kappa shape index (κ3) is 2.68. The zero-order chi connectivity index (χ0) is 14.2. The first-order chi connectivity index (χ1) is 8.90. The fraction of sp³-hybridized carbons (Fsp3) is 0.250. The van der Waals surface area contributed by atoms with Crippen LogP contribution in [-0.4, -0.2) is 9.78 Å². The molecule has 2 aromatic rings. The number of aromatic nitrogens is 2. The third-order valence-corrected chi connectivity index (χ3v) is 3.19. The van der Waals surface area contributed by atoms with E-state index >= 15 is 0 Å². The number of hydrogen-bond acceptors (Lipinski definition) is 2. The molecular weight excluding hydrogens is 279 g/mol. The summed E-state index contributed by atoms with van der Waals surface area (Å²) in [5, 5.41) is 7.09. The minimum atomic E-state index is -1.24. The Labute approximate surface area is 113 Å². The first-order valence-electron chi connectivity index (χ1n) is 5.46. The highest BCUT2D eigenvalue weighted by Gasteiger charge is 2.14. The van der Waals surface area contributed by atoms with Crippen LogP contribution >= 0.6 is 11.6 Å². The van der Waals surface area contributed by atoms with Crippen molar-refractivity contribution in [1.82, 2.24) is 9.78 Å². The van der Waals surface area contributed by atoms with Crippen LogP contribution in [0.4, 0.5) is 18.9 Å². The maximum absolute atomic E-state index is 13.4. The molecule has 0 radical (unpaired) electrons. The maximum atomic E-state index is 13.4. The van der Waals surface area contributed by atoms with Crippen molar-refractivity contribution in [2.24, 2.45) is 7.05 Å². The van der Waals surface area contributed by atoms with E-state index in [1.807, 2.05) is 0 Å². The number of nitrogens with zero attached hydrogens (tertiary/aromatic N) is 2. The standard InChI is InChI=1S/C12H11ClF3N3/c1-6-8(12(13)19(2)18-6)5-17-10-4-7(14)3-9(15)11(10)16/h3-4,17H,5H2,1-2H3. The Morgan fingerprint density at radius 1 is 1.32 bits per heavy atom. The SMILES string of the molecule is Cc1nn(C)c(Cl)c1CNc1cc(F)cc(F)c1F. The van der Waals surface area contributed by atoms with E-state index in [1.165, 1.54) is 4.68 Å². The molecule has 0 saturated heterocycles. The van der Waals surface area contributed by atoms with Gasteiger partial charge in [0.2, 0.25) is 0 Å². The number of hydrogen-bond donors (Lipinski definition) is 1. The van der Waals surface area contributed by atoms with Gasteiger partial charge in [0.1, 0.15) is 11.0 Å². The summed E-state index contributed by atoms with van der Waals surface area (Å²) in [4.78, 5) is 0. The van der Waals surface area contributed by atoms with E-state index in [4.69, 9.17) is 11.6 Å². The van der Waals surface area contributed by atoms with Gasteiger partial charge in [0.25, 0.3) is 0 Å². The predicted octanol–water partition coefficient (Wildman–Crippen LogP) is 3.41. The average molecular weight is 290 g/mol. The molecule has 0 amide bonds. The number of nitrogens with one attached hydrogen (secondary N) is 1. The van der Waals surface area contributed by atoms with Crippen LogP contribution in [0.2, 0.25) is 5.15 Å². The minimum Gasteiger partial charge on any atom is -0.378 e. The molecule has 2 rings (SSSR count). The number of halogens is 4. The first kappa shape index (κ1) is 13.7. The molecule has 0 spiro atoms. The monoisotopic (exact) mass is 289 g/mol. The van der Waals surface area contributed by atoms with Crippen molar-refractivity contribution < 1.29 is 13.2 Å². The van der Waals surface area contributed by atoms with Gasteiger partial charge in [-0.3, -0.25) is 4.68 Å². The summed E-state index contributed by atoms with van der Waals surface area (Å²) in [7, 11) is 1.67. The Morgan fingerprint density at radius 3 is 2.58 bits per heavy atom. The molecule has 0 aliphatic rings. The maximum Gasteiger partial charge on any atom is 0.182 e. The molecule has 1 aromatic carbocycles. The van der Waals surface area contributed by atoms with Crippen molar-refractivity contribution in [3.05, 3.63) is 46.0 Å². The summed E-state index contributed by atoms with van der Waals surface area (Å²) >= 11 is 6.00. The average Bonchev–Trinajstić information content (AvgIpc) is 2.57. The van der Waals surface area contributed by atoms with Gasteiger partial charge in [0, 0.05) is 31.3 Å². The molecule has 0 saturated carbocycles. The summed E-state index contributed by atoms with van der Waals surface area (Å²) in [6.45, 7) is 1.86. The fourth-order valence-electron chi connectivity index (χ4n) is 1.74. The molecule has 19 heavy (non-hydrogen) atoms. The van der Waals surface area contributed by atoms with Gasteiger partial charge in [0.15, 0.2) is 11.6 Å². The van der Waals surface area contributed by atoms with E-state index in [-0.39, 0.29) is 12.2 Å². The van der Waals surface area contributed by atoms with Gasteiger partial charge < -0.3 is 5.32 Å². The van der Waals surface area contributed by atoms with E-state index in [1.54, 1.807) is 14.0 Å². The minimum absolute atomic E-state index is 0.123. The van der Waals surface area contributed by atoms with Gasteiger partial charge in [-0.05, 0) is 6.92 Å². The molecule has 0 atom stereocenters. The molecule has 3 nitrogen and oxygen atoms in total. The largest absolute Gasteiger partial charge is 0.378 e. The lowest BCUT2D eigenvalue weighted by Gasteiger charge is -2.08. The fourth-order valence-corrected chi connectivity index (χ4v) is 1.98. The van der Waals surface area contributed by atoms with Crippen molar-refractivity contribution in [2.45, 2.75) is 13.5 Å². The summed E-state index contributed by atoms with van der Waals surface area (Å²) in [6.07, 6.45) is 0. The predicted molar refractivity (Wildman–Crippen MR) is 66.6 cm³/mol. The summed E-state index contributed by atoms with van der Waals surface area (Å²) < 4.78 is 40.9. The highest BCUT2D eigenvalue weighted by molar-refractivity contribution is 6.30. The van der Waals surface area contributed by atoms with Crippen LogP contribution in [0.15, 0.2) is 12.1 Å². The topological polar surface area (TPSA) is 29.9 Å². The van der Waals surface area contributed by atoms with Gasteiger partial charge in [-0.1, -0.05) is 11.6 Å². The van der Waals surface area contributed by atoms with Gasteiger partial charge in [-0.2, -0.15) is 5.10 Å². The van der Waals surface area contributed by atoms with E-state index < -0.39 is 17.5 Å². The molecule has 102 valence electrons. The van der Waals surface area contributed by atoms with Crippen LogP contribution in [-0.2, 0) is 13.6 Å². The molecule has 0 aliphatic heterocycles. The van der Waals surface area contributed by atoms with Gasteiger partial charge in [-0.15, -0.1) is 0 Å². The Balaban J connectivity index is 2.24. The Hall–Kier alpha value is -1.69. The van der Waals surface area contributed by atoms with Crippen molar-refractivity contribution in [1.29, 1.82) is 0 Å². The molecule has 0 aliphatic carbocycles. The lowest BCUT2D eigenvalue weighted by atomic mass is 10.2. The highest BCUT2D eigenvalue weighted by Crippen LogP contribution is 2.23. The molecule has 1 N–H and O–H groups in total. The van der Waals surface area contributed by atoms with Crippen molar-refractivity contribution >= 4 is 17.3 Å². The summed E-state index contributed by atoms with van der Waals surface area (Å²) in [5.41, 5.74) is 1.06. The van der Waals surface area contributed by atoms with E-state index in [0.717, 1.165) is 6.07 Å². The molecule has 0 bridgehead atoms. The number of rotatable bonds is 3. The lowest BCUT2D eigenvalue weighted by Crippen LogP contribution is -2.04. The third-order valence-electron chi connectivity index (χ3n) is 2.72. The molecule has 0 unspecified atom stereocenters. The van der Waals surface area contributed by atoms with Crippen LogP contribution in [0, 0.1) is 24.4 Å². The van der Waals surface area contributed by atoms with Crippen LogP contribution in [0.5, 0.6) is 0 Å². The smallest absolute Gasteiger partial charge is 0.182 e. The quantitative estimate of drug-likeness (QED) is 0.878. The second kappa shape index (κ2) is 5.13. The number of aryl methyl sites for hydroxylation is 2. The second-order valence-corrected chi connectivity index (χ2v) is 4.44. The first-order valence-corrected chi connectivity index (χ1v) is 5.84. The Morgan fingerprint density at radius 2 is 2.00 bits per heavy atom. The van der Waals surface area contributed by atoms with Crippen molar-refractivity contribution in [3.63, 3.8) is 0 Å². The zero-order valence-electron chi connectivity index (χ0n) is 10.3. The van der Waals surface area contributed by atoms with Gasteiger partial charge >= 0.3 is 0 Å².